The largest absolute Gasteiger partial charge is 0.338 e. The van der Waals surface area contributed by atoms with Crippen LogP contribution in [0, 0.1) is 11.8 Å². The Morgan fingerprint density at radius 3 is 2.39 bits per heavy atom. The molecule has 2 rings (SSSR count). The molecule has 0 bridgehead atoms. The van der Waals surface area contributed by atoms with Crippen molar-refractivity contribution in [2.75, 3.05) is 32.5 Å². The molecule has 4 nitrogen and oxygen atoms in total. The Hall–Kier alpha value is -0.740. The predicted octanol–water partition coefficient (Wildman–Crippen LogP) is 3.78. The SMILES string of the molecule is CCOP(=S)(CC1CN(C(=O)c2ccccc2)CC1C)OCC. The quantitative estimate of drug-likeness (QED) is 0.698. The number of likely N-dealkylation sites (tertiary alicyclic amines) is 1. The number of rotatable bonds is 7. The van der Waals surface area contributed by atoms with Gasteiger partial charge in [0.25, 0.3) is 5.91 Å². The highest BCUT2D eigenvalue weighted by Crippen LogP contribution is 2.51. The van der Waals surface area contributed by atoms with E-state index >= 15 is 0 Å². The zero-order chi connectivity index (χ0) is 16.9. The van der Waals surface area contributed by atoms with E-state index in [2.05, 4.69) is 6.92 Å². The van der Waals surface area contributed by atoms with Crippen LogP contribution < -0.4 is 0 Å². The molecule has 0 spiro atoms. The first-order valence-corrected chi connectivity index (χ1v) is 11.0. The summed E-state index contributed by atoms with van der Waals surface area (Å²) in [5.41, 5.74) is 0.745. The summed E-state index contributed by atoms with van der Waals surface area (Å²) in [4.78, 5) is 14.5. The van der Waals surface area contributed by atoms with Crippen LogP contribution in [0.5, 0.6) is 0 Å². The fourth-order valence-corrected chi connectivity index (χ4v) is 6.35. The molecule has 0 saturated carbocycles. The molecule has 2 atom stereocenters. The van der Waals surface area contributed by atoms with Crippen LogP contribution in [0.3, 0.4) is 0 Å². The summed E-state index contributed by atoms with van der Waals surface area (Å²) in [5, 5.41) is 0. The summed E-state index contributed by atoms with van der Waals surface area (Å²) < 4.78 is 11.5. The number of carbonyl (C=O) groups is 1. The molecule has 0 aromatic heterocycles. The maximum absolute atomic E-state index is 12.6. The van der Waals surface area contributed by atoms with Gasteiger partial charge in [-0.3, -0.25) is 4.79 Å². The van der Waals surface area contributed by atoms with Gasteiger partial charge < -0.3 is 13.9 Å². The molecule has 1 aliphatic heterocycles. The second-order valence-corrected chi connectivity index (χ2v) is 9.71. The van der Waals surface area contributed by atoms with Crippen molar-refractivity contribution in [3.05, 3.63) is 35.9 Å². The average Bonchev–Trinajstić information content (AvgIpc) is 2.88. The first-order chi connectivity index (χ1) is 11.0. The first kappa shape index (κ1) is 18.6. The van der Waals surface area contributed by atoms with Gasteiger partial charge in [0.2, 0.25) is 0 Å². The highest BCUT2D eigenvalue weighted by molar-refractivity contribution is 8.09. The van der Waals surface area contributed by atoms with Crippen LogP contribution in [-0.4, -0.2) is 43.3 Å². The maximum Gasteiger partial charge on any atom is 0.253 e. The third-order valence-electron chi connectivity index (χ3n) is 4.19. The molecule has 2 unspecified atom stereocenters. The Bertz CT molecular complexity index is 556. The van der Waals surface area contributed by atoms with Gasteiger partial charge in [-0.05, 0) is 49.6 Å². The van der Waals surface area contributed by atoms with Gasteiger partial charge in [-0.2, -0.15) is 0 Å². The average molecular weight is 355 g/mol. The van der Waals surface area contributed by atoms with Gasteiger partial charge >= 0.3 is 0 Å². The molecule has 23 heavy (non-hydrogen) atoms. The number of benzene rings is 1. The van der Waals surface area contributed by atoms with E-state index in [1.54, 1.807) is 0 Å². The van der Waals surface area contributed by atoms with Gasteiger partial charge in [-0.15, -0.1) is 0 Å². The van der Waals surface area contributed by atoms with Crippen molar-refractivity contribution in [1.29, 1.82) is 0 Å². The Morgan fingerprint density at radius 1 is 1.22 bits per heavy atom. The lowest BCUT2D eigenvalue weighted by Gasteiger charge is -2.25. The summed E-state index contributed by atoms with van der Waals surface area (Å²) in [7, 11) is 0. The van der Waals surface area contributed by atoms with E-state index < -0.39 is 6.49 Å². The lowest BCUT2D eigenvalue weighted by Crippen LogP contribution is -2.29. The fraction of sp³-hybridized carbons (Fsp3) is 0.588. The van der Waals surface area contributed by atoms with Gasteiger partial charge in [-0.25, -0.2) is 0 Å². The zero-order valence-corrected chi connectivity index (χ0v) is 15.8. The van der Waals surface area contributed by atoms with Crippen molar-refractivity contribution < 1.29 is 13.8 Å². The first-order valence-electron chi connectivity index (χ1n) is 8.21. The Kier molecular flexibility index (Phi) is 6.78. The predicted molar refractivity (Wildman–Crippen MR) is 97.4 cm³/mol. The zero-order valence-electron chi connectivity index (χ0n) is 14.1. The van der Waals surface area contributed by atoms with Crippen molar-refractivity contribution in [2.45, 2.75) is 20.8 Å². The minimum absolute atomic E-state index is 0.0982. The van der Waals surface area contributed by atoms with Crippen LogP contribution in [0.2, 0.25) is 0 Å². The normalized spacial score (nSPS) is 21.6. The lowest BCUT2D eigenvalue weighted by molar-refractivity contribution is 0.0785. The van der Waals surface area contributed by atoms with E-state index in [0.29, 0.717) is 25.0 Å². The molecule has 0 aliphatic carbocycles. The summed E-state index contributed by atoms with van der Waals surface area (Å²) in [6.07, 6.45) is 0.740. The third kappa shape index (κ3) is 4.87. The molecular weight excluding hydrogens is 329 g/mol. The van der Waals surface area contributed by atoms with Crippen molar-refractivity contribution in [3.8, 4) is 0 Å². The molecule has 1 aromatic carbocycles. The second kappa shape index (κ2) is 8.39. The highest BCUT2D eigenvalue weighted by Gasteiger charge is 2.36. The Labute approximate surface area is 144 Å². The molecule has 128 valence electrons. The molecule has 1 heterocycles. The molecule has 1 amide bonds. The number of amides is 1. The molecule has 1 saturated heterocycles. The number of nitrogens with zero attached hydrogens (tertiary/aromatic N) is 1. The molecule has 0 N–H and O–H groups in total. The maximum atomic E-state index is 12.6. The molecule has 0 radical (unpaired) electrons. The van der Waals surface area contributed by atoms with Crippen LogP contribution in [0.4, 0.5) is 0 Å². The van der Waals surface area contributed by atoms with Crippen LogP contribution in [0.1, 0.15) is 31.1 Å². The van der Waals surface area contributed by atoms with Crippen molar-refractivity contribution >= 4 is 24.2 Å². The molecule has 1 aliphatic rings. The Balaban J connectivity index is 2.03. The number of hydrogen-bond donors (Lipinski definition) is 0. The minimum atomic E-state index is -2.24. The van der Waals surface area contributed by atoms with Gasteiger partial charge in [0, 0.05) is 24.8 Å². The van der Waals surface area contributed by atoms with E-state index in [1.165, 1.54) is 0 Å². The van der Waals surface area contributed by atoms with Crippen LogP contribution in [0.25, 0.3) is 0 Å². The van der Waals surface area contributed by atoms with E-state index in [-0.39, 0.29) is 5.91 Å². The van der Waals surface area contributed by atoms with Crippen LogP contribution in [-0.2, 0) is 20.9 Å². The fourth-order valence-electron chi connectivity index (χ4n) is 3.02. The highest BCUT2D eigenvalue weighted by atomic mass is 32.5. The molecular formula is C17H26NO3PS. The smallest absolute Gasteiger partial charge is 0.253 e. The Morgan fingerprint density at radius 2 is 1.83 bits per heavy atom. The van der Waals surface area contributed by atoms with Gasteiger partial charge in [0.05, 0.1) is 13.2 Å². The van der Waals surface area contributed by atoms with Crippen LogP contribution in [0.15, 0.2) is 30.3 Å². The number of hydrogen-bond acceptors (Lipinski definition) is 4. The van der Waals surface area contributed by atoms with Crippen molar-refractivity contribution in [3.63, 3.8) is 0 Å². The van der Waals surface area contributed by atoms with Crippen molar-refractivity contribution in [1.82, 2.24) is 4.90 Å². The van der Waals surface area contributed by atoms with Crippen LogP contribution >= 0.6 is 6.49 Å². The lowest BCUT2D eigenvalue weighted by atomic mass is 10.0. The molecule has 1 fully saturated rings. The summed E-state index contributed by atoms with van der Waals surface area (Å²) in [6, 6.07) is 9.45. The summed E-state index contributed by atoms with van der Waals surface area (Å²) in [5.74, 6) is 0.846. The van der Waals surface area contributed by atoms with Gasteiger partial charge in [0.15, 0.2) is 6.49 Å². The minimum Gasteiger partial charge on any atom is -0.338 e. The molecule has 1 aromatic rings. The standard InChI is InChI=1S/C17H26NO3PS/c1-4-20-22(23,21-5-2)13-16-12-18(11-14(16)3)17(19)15-9-7-6-8-10-15/h6-10,14,16H,4-5,11-13H2,1-3H3. The monoisotopic (exact) mass is 355 g/mol. The summed E-state index contributed by atoms with van der Waals surface area (Å²) >= 11 is 5.65. The number of carbonyl (C=O) groups excluding carboxylic acids is 1. The van der Waals surface area contributed by atoms with E-state index in [1.807, 2.05) is 49.1 Å². The topological polar surface area (TPSA) is 38.8 Å². The van der Waals surface area contributed by atoms with Gasteiger partial charge in [-0.1, -0.05) is 25.1 Å². The second-order valence-electron chi connectivity index (χ2n) is 5.94. The van der Waals surface area contributed by atoms with E-state index in [0.717, 1.165) is 24.8 Å². The van der Waals surface area contributed by atoms with E-state index in [4.69, 9.17) is 20.9 Å². The van der Waals surface area contributed by atoms with Gasteiger partial charge in [0.1, 0.15) is 0 Å². The summed E-state index contributed by atoms with van der Waals surface area (Å²) in [6.45, 7) is 6.49. The van der Waals surface area contributed by atoms with Crippen molar-refractivity contribution in [2.24, 2.45) is 11.8 Å². The molecule has 6 heteroatoms. The third-order valence-corrected chi connectivity index (χ3v) is 7.48. The van der Waals surface area contributed by atoms with E-state index in [9.17, 15) is 4.79 Å².